The standard InChI is InChI=1S/C16H17NO2/c1-11-4-3-5-13(8-11)10-17-16(19)14-7-6-12(2)15(18)9-14/h3-9,18H,10H2,1-2H3,(H,17,19). The number of rotatable bonds is 3. The maximum atomic E-state index is 11.9. The zero-order valence-corrected chi connectivity index (χ0v) is 11.1. The number of carbonyl (C=O) groups excluding carboxylic acids is 1. The molecule has 0 bridgehead atoms. The predicted molar refractivity (Wildman–Crippen MR) is 75.2 cm³/mol. The summed E-state index contributed by atoms with van der Waals surface area (Å²) < 4.78 is 0. The number of benzene rings is 2. The van der Waals surface area contributed by atoms with Crippen molar-refractivity contribution in [2.45, 2.75) is 20.4 Å². The van der Waals surface area contributed by atoms with Crippen LogP contribution in [0.4, 0.5) is 0 Å². The number of phenols is 1. The van der Waals surface area contributed by atoms with E-state index >= 15 is 0 Å². The van der Waals surface area contributed by atoms with Crippen LogP contribution in [0.1, 0.15) is 27.0 Å². The summed E-state index contributed by atoms with van der Waals surface area (Å²) in [5.74, 6) is -0.0417. The molecule has 98 valence electrons. The van der Waals surface area contributed by atoms with E-state index in [1.807, 2.05) is 31.2 Å². The molecule has 3 nitrogen and oxygen atoms in total. The lowest BCUT2D eigenvalue weighted by atomic mass is 10.1. The van der Waals surface area contributed by atoms with Crippen LogP contribution in [0.15, 0.2) is 42.5 Å². The Morgan fingerprint density at radius 3 is 2.63 bits per heavy atom. The Bertz CT molecular complexity index is 605. The summed E-state index contributed by atoms with van der Waals surface area (Å²) in [6.45, 7) is 4.29. The van der Waals surface area contributed by atoms with Gasteiger partial charge in [0.2, 0.25) is 0 Å². The highest BCUT2D eigenvalue weighted by Gasteiger charge is 2.07. The van der Waals surface area contributed by atoms with Crippen LogP contribution in [0, 0.1) is 13.8 Å². The number of hydrogen-bond acceptors (Lipinski definition) is 2. The molecule has 2 aromatic rings. The third kappa shape index (κ3) is 3.35. The number of carbonyl (C=O) groups is 1. The molecule has 0 aliphatic heterocycles. The molecular weight excluding hydrogens is 238 g/mol. The van der Waals surface area contributed by atoms with Gasteiger partial charge in [0, 0.05) is 12.1 Å². The van der Waals surface area contributed by atoms with Crippen molar-refractivity contribution in [2.75, 3.05) is 0 Å². The average molecular weight is 255 g/mol. The number of aromatic hydroxyl groups is 1. The van der Waals surface area contributed by atoms with Crippen molar-refractivity contribution in [1.29, 1.82) is 0 Å². The van der Waals surface area contributed by atoms with E-state index in [0.29, 0.717) is 12.1 Å². The molecule has 0 spiro atoms. The molecule has 3 heteroatoms. The monoisotopic (exact) mass is 255 g/mol. The molecule has 2 aromatic carbocycles. The van der Waals surface area contributed by atoms with Crippen LogP contribution < -0.4 is 5.32 Å². The normalized spacial score (nSPS) is 10.2. The number of phenolic OH excluding ortho intramolecular Hbond substituents is 1. The zero-order valence-electron chi connectivity index (χ0n) is 11.1. The topological polar surface area (TPSA) is 49.3 Å². The lowest BCUT2D eigenvalue weighted by molar-refractivity contribution is 0.0950. The van der Waals surface area contributed by atoms with Crippen LogP contribution in [0.5, 0.6) is 5.75 Å². The van der Waals surface area contributed by atoms with E-state index in [-0.39, 0.29) is 11.7 Å². The Kier molecular flexibility index (Phi) is 3.85. The van der Waals surface area contributed by atoms with Crippen LogP contribution >= 0.6 is 0 Å². The fourth-order valence-electron chi connectivity index (χ4n) is 1.86. The molecule has 1 amide bonds. The van der Waals surface area contributed by atoms with Crippen LogP contribution in [0.3, 0.4) is 0 Å². The van der Waals surface area contributed by atoms with Gasteiger partial charge in [-0.3, -0.25) is 4.79 Å². The van der Waals surface area contributed by atoms with Crippen molar-refractivity contribution in [3.8, 4) is 5.75 Å². The molecule has 2 N–H and O–H groups in total. The average Bonchev–Trinajstić information content (AvgIpc) is 2.39. The van der Waals surface area contributed by atoms with Gasteiger partial charge in [0.25, 0.3) is 5.91 Å². The smallest absolute Gasteiger partial charge is 0.251 e. The highest BCUT2D eigenvalue weighted by atomic mass is 16.3. The summed E-state index contributed by atoms with van der Waals surface area (Å²) in [6, 6.07) is 12.9. The molecule has 2 rings (SSSR count). The third-order valence-corrected chi connectivity index (χ3v) is 3.01. The summed E-state index contributed by atoms with van der Waals surface area (Å²) in [7, 11) is 0. The molecule has 0 aliphatic rings. The first kappa shape index (κ1) is 13.1. The second-order valence-electron chi connectivity index (χ2n) is 4.67. The van der Waals surface area contributed by atoms with E-state index in [1.165, 1.54) is 11.6 Å². The second-order valence-corrected chi connectivity index (χ2v) is 4.67. The van der Waals surface area contributed by atoms with Gasteiger partial charge in [-0.1, -0.05) is 35.9 Å². The Hall–Kier alpha value is -2.29. The van der Waals surface area contributed by atoms with Crippen molar-refractivity contribution in [3.63, 3.8) is 0 Å². The van der Waals surface area contributed by atoms with E-state index in [9.17, 15) is 9.90 Å². The number of amides is 1. The van der Waals surface area contributed by atoms with Crippen molar-refractivity contribution in [1.82, 2.24) is 5.32 Å². The van der Waals surface area contributed by atoms with Gasteiger partial charge in [-0.25, -0.2) is 0 Å². The van der Waals surface area contributed by atoms with E-state index in [4.69, 9.17) is 0 Å². The minimum Gasteiger partial charge on any atom is -0.508 e. The van der Waals surface area contributed by atoms with Gasteiger partial charge in [0.1, 0.15) is 5.75 Å². The summed E-state index contributed by atoms with van der Waals surface area (Å²) in [4.78, 5) is 11.9. The first-order chi connectivity index (χ1) is 9.06. The lowest BCUT2D eigenvalue weighted by Crippen LogP contribution is -2.22. The first-order valence-corrected chi connectivity index (χ1v) is 6.19. The van der Waals surface area contributed by atoms with E-state index in [2.05, 4.69) is 5.32 Å². The molecule has 19 heavy (non-hydrogen) atoms. The molecule has 0 fully saturated rings. The molecule has 0 saturated heterocycles. The molecule has 0 atom stereocenters. The van der Waals surface area contributed by atoms with Crippen LogP contribution in [0.25, 0.3) is 0 Å². The largest absolute Gasteiger partial charge is 0.508 e. The van der Waals surface area contributed by atoms with Crippen LogP contribution in [-0.4, -0.2) is 11.0 Å². The third-order valence-electron chi connectivity index (χ3n) is 3.01. The maximum Gasteiger partial charge on any atom is 0.251 e. The molecular formula is C16H17NO2. The Morgan fingerprint density at radius 2 is 1.95 bits per heavy atom. The van der Waals surface area contributed by atoms with Gasteiger partial charge in [-0.05, 0) is 37.1 Å². The van der Waals surface area contributed by atoms with Crippen molar-refractivity contribution >= 4 is 5.91 Å². The number of aryl methyl sites for hydroxylation is 2. The van der Waals surface area contributed by atoms with Gasteiger partial charge in [0.05, 0.1) is 0 Å². The number of hydrogen-bond donors (Lipinski definition) is 2. The Balaban J connectivity index is 2.03. The second kappa shape index (κ2) is 5.57. The van der Waals surface area contributed by atoms with Gasteiger partial charge in [-0.15, -0.1) is 0 Å². The van der Waals surface area contributed by atoms with Gasteiger partial charge in [-0.2, -0.15) is 0 Å². The summed E-state index contributed by atoms with van der Waals surface area (Å²) in [5, 5.41) is 12.4. The van der Waals surface area contributed by atoms with Gasteiger partial charge < -0.3 is 10.4 Å². The van der Waals surface area contributed by atoms with Crippen LogP contribution in [0.2, 0.25) is 0 Å². The van der Waals surface area contributed by atoms with E-state index < -0.39 is 0 Å². The minimum atomic E-state index is -0.184. The first-order valence-electron chi connectivity index (χ1n) is 6.19. The molecule has 0 saturated carbocycles. The highest BCUT2D eigenvalue weighted by Crippen LogP contribution is 2.17. The van der Waals surface area contributed by atoms with Crippen molar-refractivity contribution in [3.05, 3.63) is 64.7 Å². The van der Waals surface area contributed by atoms with E-state index in [0.717, 1.165) is 11.1 Å². The predicted octanol–water partition coefficient (Wildman–Crippen LogP) is 2.94. The zero-order chi connectivity index (χ0) is 13.8. The van der Waals surface area contributed by atoms with E-state index in [1.54, 1.807) is 19.1 Å². The fraction of sp³-hybridized carbons (Fsp3) is 0.188. The molecule has 0 aliphatic carbocycles. The maximum absolute atomic E-state index is 11.9. The lowest BCUT2D eigenvalue weighted by Gasteiger charge is -2.07. The quantitative estimate of drug-likeness (QED) is 0.886. The summed E-state index contributed by atoms with van der Waals surface area (Å²) >= 11 is 0. The molecule has 0 aromatic heterocycles. The number of nitrogens with one attached hydrogen (secondary N) is 1. The molecule has 0 unspecified atom stereocenters. The van der Waals surface area contributed by atoms with Crippen molar-refractivity contribution in [2.24, 2.45) is 0 Å². The van der Waals surface area contributed by atoms with Crippen molar-refractivity contribution < 1.29 is 9.90 Å². The molecule has 0 radical (unpaired) electrons. The Morgan fingerprint density at radius 1 is 1.16 bits per heavy atom. The minimum absolute atomic E-state index is 0.142. The Labute approximate surface area is 112 Å². The molecule has 0 heterocycles. The fourth-order valence-corrected chi connectivity index (χ4v) is 1.86. The van der Waals surface area contributed by atoms with Crippen LogP contribution in [-0.2, 0) is 6.54 Å². The summed E-state index contributed by atoms with van der Waals surface area (Å²) in [5.41, 5.74) is 3.45. The van der Waals surface area contributed by atoms with Gasteiger partial charge in [0.15, 0.2) is 0 Å². The summed E-state index contributed by atoms with van der Waals surface area (Å²) in [6.07, 6.45) is 0. The SMILES string of the molecule is Cc1cccc(CNC(=O)c2ccc(C)c(O)c2)c1. The highest BCUT2D eigenvalue weighted by molar-refractivity contribution is 5.94. The van der Waals surface area contributed by atoms with Gasteiger partial charge >= 0.3 is 0 Å².